The highest BCUT2D eigenvalue weighted by molar-refractivity contribution is 7.99. The molecule has 3 heteroatoms. The molecule has 0 saturated heterocycles. The Labute approximate surface area is 131 Å². The molecule has 1 unspecified atom stereocenters. The molecule has 2 rings (SSSR count). The van der Waals surface area contributed by atoms with Gasteiger partial charge >= 0.3 is 0 Å². The lowest BCUT2D eigenvalue weighted by Gasteiger charge is -2.16. The minimum atomic E-state index is -0.00874. The van der Waals surface area contributed by atoms with Crippen molar-refractivity contribution in [3.63, 3.8) is 0 Å². The van der Waals surface area contributed by atoms with E-state index >= 15 is 0 Å². The van der Waals surface area contributed by atoms with Crippen LogP contribution in [0.25, 0.3) is 0 Å². The van der Waals surface area contributed by atoms with E-state index in [2.05, 4.69) is 12.2 Å². The number of carbonyl (C=O) groups is 1. The Bertz CT molecular complexity index is 583. The quantitative estimate of drug-likeness (QED) is 0.785. The van der Waals surface area contributed by atoms with E-state index in [-0.39, 0.29) is 11.9 Å². The van der Waals surface area contributed by atoms with Gasteiger partial charge in [-0.05, 0) is 36.8 Å². The average molecular weight is 299 g/mol. The summed E-state index contributed by atoms with van der Waals surface area (Å²) < 4.78 is 0. The summed E-state index contributed by atoms with van der Waals surface area (Å²) in [6.45, 7) is 4.15. The van der Waals surface area contributed by atoms with E-state index in [0.29, 0.717) is 0 Å². The van der Waals surface area contributed by atoms with Gasteiger partial charge in [-0.1, -0.05) is 49.4 Å². The molecule has 0 bridgehead atoms. The van der Waals surface area contributed by atoms with Gasteiger partial charge in [-0.15, -0.1) is 11.8 Å². The van der Waals surface area contributed by atoms with Gasteiger partial charge in [0.1, 0.15) is 0 Å². The summed E-state index contributed by atoms with van der Waals surface area (Å²) in [6.07, 6.45) is 1.10. The predicted octanol–water partition coefficient (Wildman–Crippen LogP) is 4.68. The van der Waals surface area contributed by atoms with Crippen molar-refractivity contribution in [3.05, 3.63) is 65.7 Å². The Morgan fingerprint density at radius 2 is 1.76 bits per heavy atom. The van der Waals surface area contributed by atoms with Gasteiger partial charge < -0.3 is 5.32 Å². The van der Waals surface area contributed by atoms with E-state index in [1.807, 2.05) is 61.5 Å². The average Bonchev–Trinajstić information content (AvgIpc) is 2.54. The van der Waals surface area contributed by atoms with Crippen molar-refractivity contribution in [1.29, 1.82) is 0 Å². The van der Waals surface area contributed by atoms with Crippen LogP contribution in [0.1, 0.15) is 42.2 Å². The first-order valence-electron chi connectivity index (χ1n) is 7.30. The second-order valence-corrected chi connectivity index (χ2v) is 6.09. The fourth-order valence-electron chi connectivity index (χ4n) is 2.09. The lowest BCUT2D eigenvalue weighted by Crippen LogP contribution is -2.27. The van der Waals surface area contributed by atoms with Gasteiger partial charge in [-0.25, -0.2) is 0 Å². The molecule has 21 heavy (non-hydrogen) atoms. The standard InChI is InChI=1S/C18H21NOS/c1-3-13-21-17-12-8-7-11-16(17)18(20)19-14(2)15-9-5-4-6-10-15/h4-12,14H,3,13H2,1-2H3,(H,19,20). The van der Waals surface area contributed by atoms with Crippen LogP contribution in [0.4, 0.5) is 0 Å². The highest BCUT2D eigenvalue weighted by Crippen LogP contribution is 2.24. The van der Waals surface area contributed by atoms with Gasteiger partial charge in [0, 0.05) is 4.90 Å². The van der Waals surface area contributed by atoms with Crippen LogP contribution in [0.3, 0.4) is 0 Å². The molecule has 0 aliphatic rings. The Morgan fingerprint density at radius 3 is 2.48 bits per heavy atom. The smallest absolute Gasteiger partial charge is 0.252 e. The largest absolute Gasteiger partial charge is 0.345 e. The van der Waals surface area contributed by atoms with Crippen molar-refractivity contribution in [2.24, 2.45) is 0 Å². The second kappa shape index (κ2) is 7.89. The van der Waals surface area contributed by atoms with Crippen molar-refractivity contribution in [1.82, 2.24) is 5.32 Å². The summed E-state index contributed by atoms with van der Waals surface area (Å²) in [5.74, 6) is 1.02. The van der Waals surface area contributed by atoms with Gasteiger partial charge in [-0.3, -0.25) is 4.79 Å². The number of hydrogen-bond acceptors (Lipinski definition) is 2. The molecule has 0 spiro atoms. The Kier molecular flexibility index (Phi) is 5.88. The lowest BCUT2D eigenvalue weighted by atomic mass is 10.1. The van der Waals surface area contributed by atoms with Crippen LogP contribution >= 0.6 is 11.8 Å². The molecule has 1 N–H and O–H groups in total. The third kappa shape index (κ3) is 4.36. The van der Waals surface area contributed by atoms with E-state index in [9.17, 15) is 4.79 Å². The third-order valence-electron chi connectivity index (χ3n) is 3.24. The zero-order valence-electron chi connectivity index (χ0n) is 12.5. The summed E-state index contributed by atoms with van der Waals surface area (Å²) in [5, 5.41) is 3.08. The van der Waals surface area contributed by atoms with Crippen LogP contribution in [0.5, 0.6) is 0 Å². The second-order valence-electron chi connectivity index (χ2n) is 4.95. The molecule has 2 nitrogen and oxygen atoms in total. The maximum atomic E-state index is 12.5. The van der Waals surface area contributed by atoms with Gasteiger partial charge in [0.15, 0.2) is 0 Å². The number of thioether (sulfide) groups is 1. The molecule has 0 fully saturated rings. The summed E-state index contributed by atoms with van der Waals surface area (Å²) in [6, 6.07) is 17.8. The van der Waals surface area contributed by atoms with E-state index in [1.165, 1.54) is 0 Å². The molecule has 0 aliphatic carbocycles. The predicted molar refractivity (Wildman–Crippen MR) is 89.8 cm³/mol. The number of carbonyl (C=O) groups excluding carboxylic acids is 1. The first-order chi connectivity index (χ1) is 10.2. The monoisotopic (exact) mass is 299 g/mol. The number of nitrogens with one attached hydrogen (secondary N) is 1. The first-order valence-corrected chi connectivity index (χ1v) is 8.28. The van der Waals surface area contributed by atoms with Crippen molar-refractivity contribution in [2.75, 3.05) is 5.75 Å². The summed E-state index contributed by atoms with van der Waals surface area (Å²) >= 11 is 1.74. The molecule has 1 atom stereocenters. The van der Waals surface area contributed by atoms with E-state index in [4.69, 9.17) is 0 Å². The highest BCUT2D eigenvalue weighted by atomic mass is 32.2. The number of rotatable bonds is 6. The fourth-order valence-corrected chi connectivity index (χ4v) is 3.01. The van der Waals surface area contributed by atoms with Crippen LogP contribution < -0.4 is 5.32 Å². The SMILES string of the molecule is CCCSc1ccccc1C(=O)NC(C)c1ccccc1. The summed E-state index contributed by atoms with van der Waals surface area (Å²) in [5.41, 5.74) is 1.88. The Morgan fingerprint density at radius 1 is 1.10 bits per heavy atom. The van der Waals surface area contributed by atoms with E-state index in [0.717, 1.165) is 28.2 Å². The van der Waals surface area contributed by atoms with Crippen LogP contribution in [0.15, 0.2) is 59.5 Å². The Hall–Kier alpha value is -1.74. The summed E-state index contributed by atoms with van der Waals surface area (Å²) in [7, 11) is 0. The van der Waals surface area contributed by atoms with E-state index in [1.54, 1.807) is 11.8 Å². The minimum Gasteiger partial charge on any atom is -0.345 e. The maximum absolute atomic E-state index is 12.5. The van der Waals surface area contributed by atoms with Crippen LogP contribution in [0.2, 0.25) is 0 Å². The number of benzene rings is 2. The Balaban J connectivity index is 2.10. The van der Waals surface area contributed by atoms with Gasteiger partial charge in [-0.2, -0.15) is 0 Å². The molecular formula is C18H21NOS. The highest BCUT2D eigenvalue weighted by Gasteiger charge is 2.14. The van der Waals surface area contributed by atoms with Gasteiger partial charge in [0.05, 0.1) is 11.6 Å². The molecule has 2 aromatic carbocycles. The van der Waals surface area contributed by atoms with Crippen LogP contribution in [-0.4, -0.2) is 11.7 Å². The fraction of sp³-hybridized carbons (Fsp3) is 0.278. The molecule has 110 valence electrons. The zero-order chi connectivity index (χ0) is 15.1. The number of hydrogen-bond donors (Lipinski definition) is 1. The number of amides is 1. The van der Waals surface area contributed by atoms with Crippen molar-refractivity contribution in [2.45, 2.75) is 31.2 Å². The molecule has 0 radical (unpaired) electrons. The molecule has 0 aromatic heterocycles. The normalized spacial score (nSPS) is 11.9. The molecule has 2 aromatic rings. The van der Waals surface area contributed by atoms with Crippen LogP contribution in [0, 0.1) is 0 Å². The van der Waals surface area contributed by atoms with E-state index < -0.39 is 0 Å². The van der Waals surface area contributed by atoms with Gasteiger partial charge in [0.2, 0.25) is 0 Å². The van der Waals surface area contributed by atoms with Crippen molar-refractivity contribution >= 4 is 17.7 Å². The first kappa shape index (κ1) is 15.6. The van der Waals surface area contributed by atoms with Crippen molar-refractivity contribution in [3.8, 4) is 0 Å². The topological polar surface area (TPSA) is 29.1 Å². The zero-order valence-corrected chi connectivity index (χ0v) is 13.3. The molecular weight excluding hydrogens is 278 g/mol. The molecule has 1 amide bonds. The maximum Gasteiger partial charge on any atom is 0.252 e. The molecule has 0 heterocycles. The van der Waals surface area contributed by atoms with Gasteiger partial charge in [0.25, 0.3) is 5.91 Å². The molecule has 0 aliphatic heterocycles. The third-order valence-corrected chi connectivity index (χ3v) is 4.52. The summed E-state index contributed by atoms with van der Waals surface area (Å²) in [4.78, 5) is 13.5. The molecule has 0 saturated carbocycles. The van der Waals surface area contributed by atoms with Crippen molar-refractivity contribution < 1.29 is 4.79 Å². The lowest BCUT2D eigenvalue weighted by molar-refractivity contribution is 0.0937. The van der Waals surface area contributed by atoms with Crippen LogP contribution in [-0.2, 0) is 0 Å². The minimum absolute atomic E-state index is 0.00271.